The summed E-state index contributed by atoms with van der Waals surface area (Å²) in [6.45, 7) is 0.774. The van der Waals surface area contributed by atoms with Gasteiger partial charge in [0.25, 0.3) is 5.91 Å². The number of para-hydroxylation sites is 1. The molecule has 0 spiro atoms. The second-order valence-electron chi connectivity index (χ2n) is 6.12. The van der Waals surface area contributed by atoms with E-state index in [4.69, 9.17) is 8.83 Å². The highest BCUT2D eigenvalue weighted by atomic mass is 32.1. The quantitative estimate of drug-likeness (QED) is 0.468. The molecule has 0 saturated heterocycles. The third kappa shape index (κ3) is 3.85. The molecule has 3 aromatic heterocycles. The number of benzene rings is 1. The van der Waals surface area contributed by atoms with Crippen molar-refractivity contribution in [2.75, 3.05) is 6.54 Å². The Kier molecular flexibility index (Phi) is 4.89. The first-order valence-corrected chi connectivity index (χ1v) is 9.45. The zero-order valence-electron chi connectivity index (χ0n) is 14.5. The Morgan fingerprint density at radius 3 is 2.74 bits per heavy atom. The highest BCUT2D eigenvalue weighted by Gasteiger charge is 2.22. The molecule has 0 aliphatic carbocycles. The van der Waals surface area contributed by atoms with E-state index in [1.807, 2.05) is 35.7 Å². The topological polar surface area (TPSA) is 63.7 Å². The van der Waals surface area contributed by atoms with E-state index in [0.29, 0.717) is 30.9 Å². The van der Waals surface area contributed by atoms with Crippen LogP contribution in [0.5, 0.6) is 0 Å². The van der Waals surface area contributed by atoms with E-state index in [1.54, 1.807) is 46.8 Å². The van der Waals surface area contributed by atoms with Crippen LogP contribution in [0.3, 0.4) is 0 Å². The molecule has 136 valence electrons. The van der Waals surface area contributed by atoms with Gasteiger partial charge in [-0.1, -0.05) is 24.3 Å². The molecule has 0 fully saturated rings. The largest absolute Gasteiger partial charge is 0.467 e. The van der Waals surface area contributed by atoms with Gasteiger partial charge in [0, 0.05) is 16.8 Å². The molecule has 0 aliphatic rings. The van der Waals surface area contributed by atoms with Crippen molar-refractivity contribution in [1.29, 1.82) is 0 Å². The van der Waals surface area contributed by atoms with E-state index in [0.717, 1.165) is 5.39 Å². The fourth-order valence-corrected chi connectivity index (χ4v) is 3.62. The molecule has 0 bridgehead atoms. The number of hydrogen-bond donors (Lipinski definition) is 0. The summed E-state index contributed by atoms with van der Waals surface area (Å²) in [4.78, 5) is 28.3. The van der Waals surface area contributed by atoms with Crippen molar-refractivity contribution >= 4 is 28.2 Å². The number of amides is 1. The Bertz CT molecular complexity index is 1100. The molecule has 4 rings (SSSR count). The van der Waals surface area contributed by atoms with E-state index in [1.165, 1.54) is 4.88 Å². The number of rotatable bonds is 6. The molecule has 3 heterocycles. The van der Waals surface area contributed by atoms with Crippen LogP contribution in [0.4, 0.5) is 0 Å². The van der Waals surface area contributed by atoms with Crippen LogP contribution in [0.15, 0.2) is 79.9 Å². The van der Waals surface area contributed by atoms with Gasteiger partial charge in [-0.3, -0.25) is 4.79 Å². The number of hydrogen-bond acceptors (Lipinski definition) is 5. The Morgan fingerprint density at radius 2 is 1.96 bits per heavy atom. The van der Waals surface area contributed by atoms with Crippen LogP contribution in [0.25, 0.3) is 11.0 Å². The van der Waals surface area contributed by atoms with Gasteiger partial charge in [-0.15, -0.1) is 11.3 Å². The van der Waals surface area contributed by atoms with Gasteiger partial charge in [-0.05, 0) is 42.1 Å². The number of carbonyl (C=O) groups is 1. The second-order valence-corrected chi connectivity index (χ2v) is 7.15. The molecule has 0 aliphatic heterocycles. The van der Waals surface area contributed by atoms with Crippen molar-refractivity contribution < 1.29 is 13.6 Å². The van der Waals surface area contributed by atoms with Crippen molar-refractivity contribution in [1.82, 2.24) is 4.90 Å². The van der Waals surface area contributed by atoms with E-state index < -0.39 is 5.63 Å². The third-order valence-electron chi connectivity index (χ3n) is 4.29. The van der Waals surface area contributed by atoms with Crippen molar-refractivity contribution in [2.24, 2.45) is 0 Å². The minimum atomic E-state index is -0.626. The summed E-state index contributed by atoms with van der Waals surface area (Å²) < 4.78 is 10.7. The number of furan rings is 1. The van der Waals surface area contributed by atoms with Crippen LogP contribution in [0.2, 0.25) is 0 Å². The Hall–Kier alpha value is -3.12. The monoisotopic (exact) mass is 379 g/mol. The molecule has 0 atom stereocenters. The maximum atomic E-state index is 13.1. The lowest BCUT2D eigenvalue weighted by atomic mass is 10.1. The first-order valence-electron chi connectivity index (χ1n) is 8.57. The normalized spacial score (nSPS) is 11.0. The van der Waals surface area contributed by atoms with Gasteiger partial charge in [0.1, 0.15) is 16.9 Å². The van der Waals surface area contributed by atoms with Crippen molar-refractivity contribution in [3.63, 3.8) is 0 Å². The summed E-state index contributed by atoms with van der Waals surface area (Å²) in [6, 6.07) is 16.4. The van der Waals surface area contributed by atoms with Crippen molar-refractivity contribution in [3.05, 3.63) is 92.9 Å². The predicted molar refractivity (Wildman–Crippen MR) is 104 cm³/mol. The van der Waals surface area contributed by atoms with Crippen LogP contribution < -0.4 is 5.63 Å². The summed E-state index contributed by atoms with van der Waals surface area (Å²) in [5.74, 6) is 0.308. The number of carbonyl (C=O) groups excluding carboxylic acids is 1. The summed E-state index contributed by atoms with van der Waals surface area (Å²) in [6.07, 6.45) is 2.28. The third-order valence-corrected chi connectivity index (χ3v) is 5.23. The zero-order valence-corrected chi connectivity index (χ0v) is 15.3. The molecule has 6 heteroatoms. The Morgan fingerprint density at radius 1 is 1.07 bits per heavy atom. The summed E-state index contributed by atoms with van der Waals surface area (Å²) in [5, 5.41) is 2.73. The molecule has 0 radical (unpaired) electrons. The Balaban J connectivity index is 1.64. The van der Waals surface area contributed by atoms with E-state index in [-0.39, 0.29) is 11.5 Å². The van der Waals surface area contributed by atoms with Crippen LogP contribution in [0, 0.1) is 0 Å². The standard InChI is InChI=1S/C21H17NO4S/c23-20(18-13-15-5-1-2-8-19(15)26-21(18)24)22(14-16-6-3-11-25-16)10-9-17-7-4-12-27-17/h1-8,11-13H,9-10,14H2. The van der Waals surface area contributed by atoms with Crippen LogP contribution in [0.1, 0.15) is 21.0 Å². The molecular formula is C21H17NO4S. The van der Waals surface area contributed by atoms with Gasteiger partial charge in [-0.2, -0.15) is 0 Å². The van der Waals surface area contributed by atoms with E-state index in [9.17, 15) is 9.59 Å². The first-order chi connectivity index (χ1) is 13.2. The highest BCUT2D eigenvalue weighted by molar-refractivity contribution is 7.09. The lowest BCUT2D eigenvalue weighted by Gasteiger charge is -2.21. The molecule has 0 saturated carbocycles. The first kappa shape index (κ1) is 17.3. The smallest absolute Gasteiger partial charge is 0.349 e. The highest BCUT2D eigenvalue weighted by Crippen LogP contribution is 2.17. The number of nitrogens with zero attached hydrogens (tertiary/aromatic N) is 1. The fourth-order valence-electron chi connectivity index (χ4n) is 2.92. The number of fused-ring (bicyclic) bond motifs is 1. The van der Waals surface area contributed by atoms with Gasteiger partial charge in [0.15, 0.2) is 0 Å². The molecule has 1 amide bonds. The minimum Gasteiger partial charge on any atom is -0.467 e. The van der Waals surface area contributed by atoms with Crippen LogP contribution in [-0.4, -0.2) is 17.4 Å². The number of thiophene rings is 1. The maximum Gasteiger partial charge on any atom is 0.349 e. The lowest BCUT2D eigenvalue weighted by molar-refractivity contribution is 0.0729. The zero-order chi connectivity index (χ0) is 18.6. The van der Waals surface area contributed by atoms with E-state index >= 15 is 0 Å². The van der Waals surface area contributed by atoms with Crippen molar-refractivity contribution in [3.8, 4) is 0 Å². The Labute approximate surface area is 159 Å². The predicted octanol–water partition coefficient (Wildman–Crippen LogP) is 4.33. The lowest BCUT2D eigenvalue weighted by Crippen LogP contribution is -2.35. The molecule has 0 N–H and O–H groups in total. The molecule has 27 heavy (non-hydrogen) atoms. The average molecular weight is 379 g/mol. The second kappa shape index (κ2) is 7.63. The molecule has 1 aromatic carbocycles. The van der Waals surface area contributed by atoms with Gasteiger partial charge >= 0.3 is 5.63 Å². The van der Waals surface area contributed by atoms with Gasteiger partial charge in [0.05, 0.1) is 12.8 Å². The summed E-state index contributed by atoms with van der Waals surface area (Å²) in [5.41, 5.74) is -0.124. The molecule has 5 nitrogen and oxygen atoms in total. The van der Waals surface area contributed by atoms with Crippen LogP contribution >= 0.6 is 11.3 Å². The minimum absolute atomic E-state index is 0.0337. The SMILES string of the molecule is O=C(c1cc2ccccc2oc1=O)N(CCc1cccs1)Cc1ccco1. The van der Waals surface area contributed by atoms with Crippen molar-refractivity contribution in [2.45, 2.75) is 13.0 Å². The maximum absolute atomic E-state index is 13.1. The average Bonchev–Trinajstić information content (AvgIpc) is 3.38. The molecule has 4 aromatic rings. The van der Waals surface area contributed by atoms with Crippen LogP contribution in [-0.2, 0) is 13.0 Å². The van der Waals surface area contributed by atoms with Gasteiger partial charge in [-0.25, -0.2) is 4.79 Å². The molecule has 0 unspecified atom stereocenters. The summed E-state index contributed by atoms with van der Waals surface area (Å²) in [7, 11) is 0. The van der Waals surface area contributed by atoms with Gasteiger partial charge in [0.2, 0.25) is 0 Å². The van der Waals surface area contributed by atoms with Gasteiger partial charge < -0.3 is 13.7 Å². The molecular weight excluding hydrogens is 362 g/mol. The van der Waals surface area contributed by atoms with E-state index in [2.05, 4.69) is 0 Å². The summed E-state index contributed by atoms with van der Waals surface area (Å²) >= 11 is 1.64. The fraction of sp³-hybridized carbons (Fsp3) is 0.143.